The molecular weight excluding hydrogens is 436 g/mol. The van der Waals surface area contributed by atoms with Crippen molar-refractivity contribution >= 4 is 39.9 Å². The lowest BCUT2D eigenvalue weighted by Crippen LogP contribution is -2.34. The number of para-hydroxylation sites is 1. The summed E-state index contributed by atoms with van der Waals surface area (Å²) >= 11 is 5.35. The molecule has 1 aromatic heterocycles. The lowest BCUT2D eigenvalue weighted by molar-refractivity contribution is 0.0977. The first kappa shape index (κ1) is 22.2. The molecule has 0 aliphatic rings. The minimum absolute atomic E-state index is 0.146. The molecule has 0 spiro atoms. The molecule has 0 unspecified atom stereocenters. The summed E-state index contributed by atoms with van der Waals surface area (Å²) < 4.78 is 10.9. The quantitative estimate of drug-likeness (QED) is 0.312. The molecule has 0 atom stereocenters. The molecule has 1 amide bonds. The van der Waals surface area contributed by atoms with Crippen molar-refractivity contribution in [3.8, 4) is 16.9 Å². The SMILES string of the molecule is CCOc1cccc(C(=O)NC(=S)Nc2cc(-c3cc4ccccc4oc3=O)ccc2C)c1. The molecule has 166 valence electrons. The Kier molecular flexibility index (Phi) is 6.51. The van der Waals surface area contributed by atoms with Gasteiger partial charge in [0.1, 0.15) is 11.3 Å². The first-order valence-corrected chi connectivity index (χ1v) is 10.8. The number of rotatable bonds is 5. The van der Waals surface area contributed by atoms with Gasteiger partial charge in [-0.3, -0.25) is 10.1 Å². The van der Waals surface area contributed by atoms with Crippen molar-refractivity contribution in [2.45, 2.75) is 13.8 Å². The highest BCUT2D eigenvalue weighted by atomic mass is 32.1. The lowest BCUT2D eigenvalue weighted by atomic mass is 10.0. The number of nitrogens with one attached hydrogen (secondary N) is 2. The van der Waals surface area contributed by atoms with E-state index in [-0.39, 0.29) is 11.0 Å². The second-order valence-electron chi connectivity index (χ2n) is 7.38. The zero-order valence-electron chi connectivity index (χ0n) is 18.2. The van der Waals surface area contributed by atoms with Crippen LogP contribution in [-0.2, 0) is 0 Å². The number of carbonyl (C=O) groups is 1. The summed E-state index contributed by atoms with van der Waals surface area (Å²) in [7, 11) is 0. The molecular formula is C26H22N2O4S. The first-order chi connectivity index (χ1) is 15.9. The average Bonchev–Trinajstić information content (AvgIpc) is 2.80. The molecule has 0 saturated carbocycles. The number of fused-ring (bicyclic) bond motifs is 1. The Morgan fingerprint density at radius 3 is 2.67 bits per heavy atom. The van der Waals surface area contributed by atoms with Gasteiger partial charge in [0, 0.05) is 16.6 Å². The lowest BCUT2D eigenvalue weighted by Gasteiger charge is -2.14. The van der Waals surface area contributed by atoms with Gasteiger partial charge in [0.25, 0.3) is 5.91 Å². The molecule has 7 heteroatoms. The molecule has 6 nitrogen and oxygen atoms in total. The summed E-state index contributed by atoms with van der Waals surface area (Å²) in [6, 6.07) is 21.6. The van der Waals surface area contributed by atoms with E-state index in [1.807, 2.05) is 50.2 Å². The third kappa shape index (κ3) is 5.10. The Bertz CT molecular complexity index is 1410. The van der Waals surface area contributed by atoms with Crippen LogP contribution in [0.2, 0.25) is 0 Å². The van der Waals surface area contributed by atoms with Crippen LogP contribution in [0.4, 0.5) is 5.69 Å². The number of anilines is 1. The number of carbonyl (C=O) groups excluding carboxylic acids is 1. The summed E-state index contributed by atoms with van der Waals surface area (Å²) in [6.07, 6.45) is 0. The average molecular weight is 459 g/mol. The van der Waals surface area contributed by atoms with Crippen LogP contribution in [0.25, 0.3) is 22.1 Å². The third-order valence-electron chi connectivity index (χ3n) is 5.07. The molecule has 33 heavy (non-hydrogen) atoms. The minimum atomic E-state index is -0.423. The highest BCUT2D eigenvalue weighted by Crippen LogP contribution is 2.26. The summed E-state index contributed by atoms with van der Waals surface area (Å²) in [5.74, 6) is 0.264. The Morgan fingerprint density at radius 2 is 1.85 bits per heavy atom. The van der Waals surface area contributed by atoms with Gasteiger partial charge in [0.2, 0.25) is 0 Å². The van der Waals surface area contributed by atoms with E-state index < -0.39 is 5.63 Å². The number of hydrogen-bond acceptors (Lipinski definition) is 5. The van der Waals surface area contributed by atoms with E-state index in [1.54, 1.807) is 36.4 Å². The van der Waals surface area contributed by atoms with E-state index in [9.17, 15) is 9.59 Å². The van der Waals surface area contributed by atoms with E-state index in [4.69, 9.17) is 21.4 Å². The molecule has 4 rings (SSSR count). The van der Waals surface area contributed by atoms with Gasteiger partial charge in [-0.1, -0.05) is 36.4 Å². The maximum atomic E-state index is 12.6. The minimum Gasteiger partial charge on any atom is -0.494 e. The van der Waals surface area contributed by atoms with Crippen LogP contribution in [0.1, 0.15) is 22.8 Å². The number of amides is 1. The van der Waals surface area contributed by atoms with Crippen molar-refractivity contribution in [3.63, 3.8) is 0 Å². The Hall–Kier alpha value is -3.97. The van der Waals surface area contributed by atoms with Gasteiger partial charge >= 0.3 is 5.63 Å². The predicted octanol–water partition coefficient (Wildman–Crippen LogP) is 5.29. The van der Waals surface area contributed by atoms with Gasteiger partial charge in [-0.15, -0.1) is 0 Å². The van der Waals surface area contributed by atoms with Gasteiger partial charge in [-0.2, -0.15) is 0 Å². The van der Waals surface area contributed by atoms with Crippen LogP contribution in [-0.4, -0.2) is 17.6 Å². The summed E-state index contributed by atoms with van der Waals surface area (Å²) in [5.41, 5.74) is 3.25. The van der Waals surface area contributed by atoms with Crippen molar-refractivity contribution in [2.75, 3.05) is 11.9 Å². The van der Waals surface area contributed by atoms with Crippen LogP contribution in [0, 0.1) is 6.92 Å². The summed E-state index contributed by atoms with van der Waals surface area (Å²) in [6.45, 7) is 4.30. The molecule has 0 fully saturated rings. The zero-order chi connectivity index (χ0) is 23.4. The van der Waals surface area contributed by atoms with E-state index >= 15 is 0 Å². The van der Waals surface area contributed by atoms with Crippen molar-refractivity contribution in [1.29, 1.82) is 0 Å². The van der Waals surface area contributed by atoms with Gasteiger partial charge in [0.05, 0.1) is 12.2 Å². The van der Waals surface area contributed by atoms with Crippen molar-refractivity contribution < 1.29 is 13.9 Å². The molecule has 1 heterocycles. The van der Waals surface area contributed by atoms with Crippen LogP contribution in [0.3, 0.4) is 0 Å². The highest BCUT2D eigenvalue weighted by molar-refractivity contribution is 7.80. The van der Waals surface area contributed by atoms with Crippen LogP contribution in [0.5, 0.6) is 5.75 Å². The van der Waals surface area contributed by atoms with Gasteiger partial charge in [0.15, 0.2) is 5.11 Å². The highest BCUT2D eigenvalue weighted by Gasteiger charge is 2.12. The number of benzene rings is 3. The fraction of sp³-hybridized carbons (Fsp3) is 0.115. The number of thiocarbonyl (C=S) groups is 1. The largest absolute Gasteiger partial charge is 0.494 e. The summed E-state index contributed by atoms with van der Waals surface area (Å²) in [4.78, 5) is 25.1. The van der Waals surface area contributed by atoms with E-state index in [2.05, 4.69) is 10.6 Å². The second-order valence-corrected chi connectivity index (χ2v) is 7.79. The number of ether oxygens (including phenoxy) is 1. The Morgan fingerprint density at radius 1 is 1.03 bits per heavy atom. The van der Waals surface area contributed by atoms with Crippen molar-refractivity contribution in [2.24, 2.45) is 0 Å². The van der Waals surface area contributed by atoms with Crippen LogP contribution in [0.15, 0.2) is 82.0 Å². The second kappa shape index (κ2) is 9.67. The van der Waals surface area contributed by atoms with Crippen molar-refractivity contribution in [3.05, 3.63) is 94.3 Å². The third-order valence-corrected chi connectivity index (χ3v) is 5.28. The molecule has 2 N–H and O–H groups in total. The molecule has 0 aliphatic heterocycles. The Balaban J connectivity index is 1.54. The number of hydrogen-bond donors (Lipinski definition) is 2. The molecule has 0 aliphatic carbocycles. The first-order valence-electron chi connectivity index (χ1n) is 10.4. The van der Waals surface area contributed by atoms with Gasteiger partial charge in [-0.25, -0.2) is 4.79 Å². The van der Waals surface area contributed by atoms with E-state index in [0.717, 1.165) is 10.9 Å². The fourth-order valence-electron chi connectivity index (χ4n) is 3.41. The smallest absolute Gasteiger partial charge is 0.344 e. The monoisotopic (exact) mass is 458 g/mol. The van der Waals surface area contributed by atoms with Gasteiger partial charge < -0.3 is 14.5 Å². The molecule has 0 bridgehead atoms. The standard InChI is InChI=1S/C26H22N2O4S/c1-3-31-20-9-6-8-19(13-20)24(29)28-26(33)27-22-15-17(12-11-16(22)2)21-14-18-7-4-5-10-23(18)32-25(21)30/h4-15H,3H2,1-2H3,(H2,27,28,29,33). The van der Waals surface area contributed by atoms with Crippen molar-refractivity contribution in [1.82, 2.24) is 5.32 Å². The van der Waals surface area contributed by atoms with Gasteiger partial charge in [-0.05, 0) is 73.6 Å². The van der Waals surface area contributed by atoms with Crippen LogP contribution < -0.4 is 21.0 Å². The molecule has 0 radical (unpaired) electrons. The number of aryl methyl sites for hydroxylation is 1. The topological polar surface area (TPSA) is 80.6 Å². The van der Waals surface area contributed by atoms with E-state index in [0.29, 0.717) is 40.3 Å². The fourth-order valence-corrected chi connectivity index (χ4v) is 3.61. The van der Waals surface area contributed by atoms with E-state index in [1.165, 1.54) is 0 Å². The molecule has 4 aromatic rings. The maximum absolute atomic E-state index is 12.6. The summed E-state index contributed by atoms with van der Waals surface area (Å²) in [5, 5.41) is 6.71. The zero-order valence-corrected chi connectivity index (χ0v) is 19.0. The normalized spacial score (nSPS) is 10.6. The maximum Gasteiger partial charge on any atom is 0.344 e. The predicted molar refractivity (Wildman–Crippen MR) is 134 cm³/mol. The van der Waals surface area contributed by atoms with Crippen LogP contribution >= 0.6 is 12.2 Å². The molecule has 0 saturated heterocycles. The molecule has 3 aromatic carbocycles. The Labute approximate surface area is 196 Å².